The van der Waals surface area contributed by atoms with E-state index in [0.717, 1.165) is 24.2 Å². The first-order valence-corrected chi connectivity index (χ1v) is 12.1. The number of hydrogen-bond acceptors (Lipinski definition) is 7. The zero-order valence-electron chi connectivity index (χ0n) is 19.5. The zero-order valence-corrected chi connectivity index (χ0v) is 20.3. The molecule has 0 fully saturated rings. The van der Waals surface area contributed by atoms with Crippen molar-refractivity contribution >= 4 is 45.2 Å². The van der Waals surface area contributed by atoms with Crippen molar-refractivity contribution in [2.75, 3.05) is 5.32 Å². The Morgan fingerprint density at radius 1 is 1.08 bits per heavy atom. The highest BCUT2D eigenvalue weighted by Gasteiger charge is 2.39. The van der Waals surface area contributed by atoms with Gasteiger partial charge in [-0.05, 0) is 35.9 Å². The fraction of sp³-hybridized carbons (Fsp3) is 0.148. The third-order valence-electron chi connectivity index (χ3n) is 5.87. The number of carbonyl (C=O) groups excluding carboxylic acids is 2. The van der Waals surface area contributed by atoms with E-state index < -0.39 is 36.2 Å². The first-order chi connectivity index (χ1) is 17.7. The number of carbonyl (C=O) groups is 3. The molecule has 186 valence electrons. The molecule has 1 aliphatic rings. The highest BCUT2D eigenvalue weighted by molar-refractivity contribution is 7.21. The van der Waals surface area contributed by atoms with Gasteiger partial charge in [-0.2, -0.15) is 0 Å². The lowest BCUT2D eigenvalue weighted by molar-refractivity contribution is -0.163. The predicted molar refractivity (Wildman–Crippen MR) is 136 cm³/mol. The summed E-state index contributed by atoms with van der Waals surface area (Å²) in [6, 6.07) is 17.9. The second-order valence-electron chi connectivity index (χ2n) is 8.49. The van der Waals surface area contributed by atoms with E-state index in [1.807, 2.05) is 30.3 Å². The fourth-order valence-corrected chi connectivity index (χ4v) is 4.96. The van der Waals surface area contributed by atoms with Gasteiger partial charge in [0.05, 0.1) is 17.5 Å². The van der Waals surface area contributed by atoms with Gasteiger partial charge in [-0.15, -0.1) is 0 Å². The first-order valence-electron chi connectivity index (χ1n) is 11.3. The third kappa shape index (κ3) is 4.96. The van der Waals surface area contributed by atoms with Crippen molar-refractivity contribution in [3.05, 3.63) is 89.9 Å². The summed E-state index contributed by atoms with van der Waals surface area (Å²) in [7, 11) is 0. The summed E-state index contributed by atoms with van der Waals surface area (Å²) in [6.07, 6.45) is 1.95. The lowest BCUT2D eigenvalue weighted by Gasteiger charge is -2.15. The molecule has 10 heteroatoms. The number of rotatable bonds is 8. The number of anilines is 1. The highest BCUT2D eigenvalue weighted by atomic mass is 32.1. The van der Waals surface area contributed by atoms with Gasteiger partial charge in [0.25, 0.3) is 0 Å². The van der Waals surface area contributed by atoms with Crippen molar-refractivity contribution in [2.24, 2.45) is 0 Å². The summed E-state index contributed by atoms with van der Waals surface area (Å²) in [4.78, 5) is 44.4. The van der Waals surface area contributed by atoms with Crippen LogP contribution in [0.3, 0.4) is 0 Å². The van der Waals surface area contributed by atoms with Gasteiger partial charge >= 0.3 is 11.9 Å². The number of amides is 1. The third-order valence-corrected chi connectivity index (χ3v) is 6.87. The van der Waals surface area contributed by atoms with E-state index >= 15 is 0 Å². The molecule has 1 atom stereocenters. The SMILES string of the molecule is CC(=O)O[C@@H](CC(=O)Nc1ccc(-c2nc3ccc(C4(c5ccccc5)C=C4)nc3s2)c(F)c1)C(=O)O. The molecule has 0 saturated carbocycles. The molecule has 2 heterocycles. The molecule has 1 amide bonds. The summed E-state index contributed by atoms with van der Waals surface area (Å²) in [5.74, 6) is -3.63. The zero-order chi connectivity index (χ0) is 26.2. The summed E-state index contributed by atoms with van der Waals surface area (Å²) in [5, 5.41) is 12.0. The quantitative estimate of drug-likeness (QED) is 0.257. The normalized spacial score (nSPS) is 14.2. The van der Waals surface area contributed by atoms with E-state index in [2.05, 4.69) is 39.3 Å². The van der Waals surface area contributed by atoms with Gasteiger partial charge in [0.15, 0.2) is 0 Å². The fourth-order valence-electron chi connectivity index (χ4n) is 4.00. The number of pyridine rings is 1. The van der Waals surface area contributed by atoms with E-state index in [9.17, 15) is 18.8 Å². The molecule has 1 aliphatic carbocycles. The minimum atomic E-state index is -1.63. The van der Waals surface area contributed by atoms with Gasteiger partial charge in [0.1, 0.15) is 21.2 Å². The van der Waals surface area contributed by atoms with Gasteiger partial charge in [-0.1, -0.05) is 53.8 Å². The van der Waals surface area contributed by atoms with Crippen molar-refractivity contribution in [1.29, 1.82) is 0 Å². The number of carboxylic acid groups (broad SMARTS) is 1. The Labute approximate surface area is 214 Å². The monoisotopic (exact) mass is 517 g/mol. The second kappa shape index (κ2) is 9.55. The minimum Gasteiger partial charge on any atom is -0.478 e. The Hall–Kier alpha value is -4.44. The second-order valence-corrected chi connectivity index (χ2v) is 9.47. The molecule has 8 nitrogen and oxygen atoms in total. The van der Waals surface area contributed by atoms with Crippen LogP contribution in [0.5, 0.6) is 0 Å². The minimum absolute atomic E-state index is 0.129. The summed E-state index contributed by atoms with van der Waals surface area (Å²) in [6.45, 7) is 1.05. The van der Waals surface area contributed by atoms with Gasteiger partial charge in [-0.3, -0.25) is 9.59 Å². The van der Waals surface area contributed by atoms with Crippen molar-refractivity contribution in [2.45, 2.75) is 24.9 Å². The Bertz CT molecular complexity index is 1560. The van der Waals surface area contributed by atoms with Crippen molar-refractivity contribution < 1.29 is 28.6 Å². The topological polar surface area (TPSA) is 118 Å². The number of esters is 1. The van der Waals surface area contributed by atoms with Gasteiger partial charge in [-0.25, -0.2) is 19.2 Å². The largest absolute Gasteiger partial charge is 0.478 e. The number of benzene rings is 2. The predicted octanol–water partition coefficient (Wildman–Crippen LogP) is 4.70. The number of ether oxygens (including phenoxy) is 1. The molecule has 4 aromatic rings. The molecular formula is C27H20FN3O5S. The summed E-state index contributed by atoms with van der Waals surface area (Å²) in [5.41, 5.74) is 2.68. The highest BCUT2D eigenvalue weighted by Crippen LogP contribution is 2.45. The van der Waals surface area contributed by atoms with Gasteiger partial charge < -0.3 is 15.2 Å². The molecule has 0 unspecified atom stereocenters. The van der Waals surface area contributed by atoms with Crippen LogP contribution in [0.2, 0.25) is 0 Å². The molecule has 0 radical (unpaired) electrons. The number of allylic oxidation sites excluding steroid dienone is 2. The van der Waals surface area contributed by atoms with Gasteiger partial charge in [0.2, 0.25) is 12.0 Å². The Morgan fingerprint density at radius 2 is 1.84 bits per heavy atom. The molecule has 2 aromatic carbocycles. The van der Waals surface area contributed by atoms with E-state index in [4.69, 9.17) is 10.1 Å². The number of fused-ring (bicyclic) bond motifs is 1. The number of carboxylic acids is 1. The Morgan fingerprint density at radius 3 is 2.49 bits per heavy atom. The van der Waals surface area contributed by atoms with Crippen LogP contribution in [0.15, 0.2) is 72.8 Å². The summed E-state index contributed by atoms with van der Waals surface area (Å²) >= 11 is 1.26. The van der Waals surface area contributed by atoms with Crippen molar-refractivity contribution in [3.63, 3.8) is 0 Å². The molecule has 0 aliphatic heterocycles. The number of halogens is 1. The number of aromatic nitrogens is 2. The van der Waals surface area contributed by atoms with Crippen molar-refractivity contribution in [3.8, 4) is 10.6 Å². The lowest BCUT2D eigenvalue weighted by Crippen LogP contribution is -2.31. The molecule has 5 rings (SSSR count). The summed E-state index contributed by atoms with van der Waals surface area (Å²) < 4.78 is 19.6. The van der Waals surface area contributed by atoms with Crippen LogP contribution in [-0.4, -0.2) is 39.0 Å². The number of nitrogens with one attached hydrogen (secondary N) is 1. The van der Waals surface area contributed by atoms with E-state index in [1.54, 1.807) is 0 Å². The van der Waals surface area contributed by atoms with E-state index in [0.29, 0.717) is 15.4 Å². The van der Waals surface area contributed by atoms with E-state index in [1.165, 1.54) is 23.5 Å². The van der Waals surface area contributed by atoms with Crippen LogP contribution in [0.1, 0.15) is 24.6 Å². The van der Waals surface area contributed by atoms with Crippen LogP contribution < -0.4 is 5.32 Å². The number of thiazole rings is 1. The van der Waals surface area contributed by atoms with Crippen LogP contribution in [0, 0.1) is 5.82 Å². The Kier molecular flexibility index (Phi) is 6.26. The van der Waals surface area contributed by atoms with E-state index in [-0.39, 0.29) is 16.7 Å². The van der Waals surface area contributed by atoms with Crippen LogP contribution in [0.25, 0.3) is 20.9 Å². The number of aliphatic carboxylic acids is 1. The molecule has 37 heavy (non-hydrogen) atoms. The Balaban J connectivity index is 1.34. The number of hydrogen-bond donors (Lipinski definition) is 2. The van der Waals surface area contributed by atoms with Crippen molar-refractivity contribution in [1.82, 2.24) is 9.97 Å². The van der Waals surface area contributed by atoms with Crippen LogP contribution in [0.4, 0.5) is 10.1 Å². The molecule has 2 N–H and O–H groups in total. The molecular weight excluding hydrogens is 497 g/mol. The molecule has 0 saturated heterocycles. The van der Waals surface area contributed by atoms with Crippen LogP contribution in [-0.2, 0) is 24.5 Å². The standard InChI is InChI=1S/C27H20FN3O5S/c1-15(32)36-21(26(34)35)14-23(33)29-17-7-8-18(19(28)13-17)24-30-20-9-10-22(31-25(20)37-24)27(11-12-27)16-5-3-2-4-6-16/h2-13,21H,14H2,1H3,(H,29,33)(H,34,35)/t21-/m0/s1. The van der Waals surface area contributed by atoms with Gasteiger partial charge in [0, 0.05) is 18.2 Å². The molecule has 0 bridgehead atoms. The average molecular weight is 518 g/mol. The molecule has 2 aromatic heterocycles. The maximum atomic E-state index is 15.0. The first kappa shape index (κ1) is 24.3. The maximum absolute atomic E-state index is 15.0. The molecule has 0 spiro atoms. The average Bonchev–Trinajstić information content (AvgIpc) is 3.57. The number of nitrogens with zero attached hydrogens (tertiary/aromatic N) is 2. The van der Waals surface area contributed by atoms with Crippen LogP contribution >= 0.6 is 11.3 Å². The smallest absolute Gasteiger partial charge is 0.345 e. The maximum Gasteiger partial charge on any atom is 0.345 e. The lowest BCUT2D eigenvalue weighted by atomic mass is 9.89.